The van der Waals surface area contributed by atoms with E-state index in [1.54, 1.807) is 6.20 Å². The lowest BCUT2D eigenvalue weighted by Gasteiger charge is -1.79. The Hall–Kier alpha value is -0.900. The van der Waals surface area contributed by atoms with Crippen LogP contribution in [-0.4, -0.2) is 16.0 Å². The van der Waals surface area contributed by atoms with E-state index in [0.29, 0.717) is 10.2 Å². The van der Waals surface area contributed by atoms with Crippen molar-refractivity contribution in [1.29, 1.82) is 0 Å². The van der Waals surface area contributed by atoms with Gasteiger partial charge in [-0.3, -0.25) is 9.89 Å². The molecule has 0 spiro atoms. The van der Waals surface area contributed by atoms with E-state index in [1.165, 1.54) is 6.92 Å². The number of carbonyl (C=O) groups excluding carboxylic acids is 1. The summed E-state index contributed by atoms with van der Waals surface area (Å²) < 4.78 is 0.475. The van der Waals surface area contributed by atoms with Gasteiger partial charge < -0.3 is 5.10 Å². The topological polar surface area (TPSA) is 48.6 Å². The van der Waals surface area contributed by atoms with Crippen LogP contribution >= 0.6 is 12.2 Å². The lowest BCUT2D eigenvalue weighted by Crippen LogP contribution is -1.87. The van der Waals surface area contributed by atoms with E-state index in [-0.39, 0.29) is 5.78 Å². The van der Waals surface area contributed by atoms with E-state index < -0.39 is 0 Å². The molecule has 0 aliphatic rings. The molecule has 0 saturated heterocycles. The van der Waals surface area contributed by atoms with Crippen molar-refractivity contribution < 1.29 is 4.79 Å². The summed E-state index contributed by atoms with van der Waals surface area (Å²) >= 11 is 4.75. The molecule has 1 aromatic rings. The number of aromatic amines is 2. The van der Waals surface area contributed by atoms with Gasteiger partial charge in [0.1, 0.15) is 4.64 Å². The summed E-state index contributed by atoms with van der Waals surface area (Å²) in [5, 5.41) is 5.25. The molecule has 1 rings (SSSR count). The van der Waals surface area contributed by atoms with Gasteiger partial charge in [-0.05, 0) is 6.92 Å². The Morgan fingerprint density at radius 2 is 2.44 bits per heavy atom. The number of carbonyl (C=O) groups is 1. The van der Waals surface area contributed by atoms with E-state index in [0.717, 1.165) is 0 Å². The summed E-state index contributed by atoms with van der Waals surface area (Å²) in [5.74, 6) is -0.0162. The summed E-state index contributed by atoms with van der Waals surface area (Å²) in [7, 11) is 0. The van der Waals surface area contributed by atoms with Gasteiger partial charge in [-0.1, -0.05) is 12.2 Å². The molecule has 1 heterocycles. The highest BCUT2D eigenvalue weighted by molar-refractivity contribution is 7.71. The largest absolute Gasteiger partial charge is 0.307 e. The first-order valence-corrected chi connectivity index (χ1v) is 2.89. The highest BCUT2D eigenvalue weighted by Crippen LogP contribution is 1.97. The maximum absolute atomic E-state index is 10.6. The van der Waals surface area contributed by atoms with Crippen molar-refractivity contribution in [1.82, 2.24) is 10.2 Å². The van der Waals surface area contributed by atoms with Crippen molar-refractivity contribution >= 4 is 18.0 Å². The number of rotatable bonds is 1. The number of nitrogens with one attached hydrogen (secondary N) is 2. The number of Topliss-reactive ketones (excluding diaryl/α,β-unsaturated/α-hetero) is 1. The van der Waals surface area contributed by atoms with Gasteiger partial charge in [0.25, 0.3) is 0 Å². The lowest BCUT2D eigenvalue weighted by atomic mass is 10.3. The fraction of sp³-hybridized carbons (Fsp3) is 0.200. The SMILES string of the molecule is CC(=O)c1c[nH][nH]c1=S. The Balaban J connectivity index is 3.24. The maximum Gasteiger partial charge on any atom is 0.164 e. The van der Waals surface area contributed by atoms with Crippen molar-refractivity contribution in [3.63, 3.8) is 0 Å². The van der Waals surface area contributed by atoms with Gasteiger partial charge in [-0.2, -0.15) is 0 Å². The summed E-state index contributed by atoms with van der Waals surface area (Å²) in [6, 6.07) is 0. The minimum Gasteiger partial charge on any atom is -0.307 e. The zero-order valence-electron chi connectivity index (χ0n) is 4.89. The highest BCUT2D eigenvalue weighted by atomic mass is 32.1. The number of hydrogen-bond donors (Lipinski definition) is 2. The standard InChI is InChI=1S/C5H6N2OS/c1-3(8)4-2-6-7-5(4)9/h2H,1H3,(H2,6,7,9). The monoisotopic (exact) mass is 142 g/mol. The van der Waals surface area contributed by atoms with Gasteiger partial charge in [0.05, 0.1) is 5.56 Å². The van der Waals surface area contributed by atoms with Crippen LogP contribution in [0.4, 0.5) is 0 Å². The molecular formula is C5H6N2OS. The van der Waals surface area contributed by atoms with Crippen LogP contribution < -0.4 is 0 Å². The Kier molecular flexibility index (Phi) is 1.48. The summed E-state index contributed by atoms with van der Waals surface area (Å²) in [6.07, 6.45) is 1.56. The first kappa shape index (κ1) is 6.22. The van der Waals surface area contributed by atoms with Gasteiger partial charge in [-0.25, -0.2) is 0 Å². The third-order valence-corrected chi connectivity index (χ3v) is 1.35. The molecule has 0 saturated carbocycles. The minimum atomic E-state index is -0.0162. The van der Waals surface area contributed by atoms with Crippen molar-refractivity contribution in [2.45, 2.75) is 6.92 Å². The number of H-pyrrole nitrogens is 2. The first-order chi connectivity index (χ1) is 4.22. The van der Waals surface area contributed by atoms with E-state index in [4.69, 9.17) is 12.2 Å². The quantitative estimate of drug-likeness (QED) is 0.458. The smallest absolute Gasteiger partial charge is 0.164 e. The van der Waals surface area contributed by atoms with Crippen LogP contribution in [0.2, 0.25) is 0 Å². The molecular weight excluding hydrogens is 136 g/mol. The van der Waals surface area contributed by atoms with Crippen LogP contribution in [0.1, 0.15) is 17.3 Å². The Morgan fingerprint density at radius 1 is 1.78 bits per heavy atom. The van der Waals surface area contributed by atoms with Crippen molar-refractivity contribution in [2.24, 2.45) is 0 Å². The third kappa shape index (κ3) is 1.08. The molecule has 0 fully saturated rings. The minimum absolute atomic E-state index is 0.0162. The molecule has 1 aromatic heterocycles. The van der Waals surface area contributed by atoms with Gasteiger partial charge in [0.15, 0.2) is 5.78 Å². The van der Waals surface area contributed by atoms with Gasteiger partial charge in [0, 0.05) is 6.20 Å². The summed E-state index contributed by atoms with van der Waals surface area (Å²) in [4.78, 5) is 10.6. The molecule has 3 nitrogen and oxygen atoms in total. The highest BCUT2D eigenvalue weighted by Gasteiger charge is 1.99. The molecule has 0 unspecified atom stereocenters. The van der Waals surface area contributed by atoms with Crippen molar-refractivity contribution in [2.75, 3.05) is 0 Å². The molecule has 9 heavy (non-hydrogen) atoms. The molecule has 2 N–H and O–H groups in total. The zero-order valence-corrected chi connectivity index (χ0v) is 5.71. The molecule has 0 aliphatic carbocycles. The Morgan fingerprint density at radius 3 is 2.67 bits per heavy atom. The molecule has 0 bridgehead atoms. The average molecular weight is 142 g/mol. The predicted molar refractivity (Wildman–Crippen MR) is 36.0 cm³/mol. The van der Waals surface area contributed by atoms with Crippen LogP contribution in [0.15, 0.2) is 6.20 Å². The average Bonchev–Trinajstić information content (AvgIpc) is 2.13. The molecule has 4 heteroatoms. The predicted octanol–water partition coefficient (Wildman–Crippen LogP) is 1.27. The van der Waals surface area contributed by atoms with E-state index in [2.05, 4.69) is 10.2 Å². The van der Waals surface area contributed by atoms with E-state index >= 15 is 0 Å². The van der Waals surface area contributed by atoms with Crippen molar-refractivity contribution in [3.05, 3.63) is 16.4 Å². The number of ketones is 1. The van der Waals surface area contributed by atoms with E-state index in [9.17, 15) is 4.79 Å². The Bertz CT molecular complexity index is 272. The lowest BCUT2D eigenvalue weighted by molar-refractivity contribution is 0.101. The van der Waals surface area contributed by atoms with Gasteiger partial charge in [0.2, 0.25) is 0 Å². The van der Waals surface area contributed by atoms with Gasteiger partial charge >= 0.3 is 0 Å². The van der Waals surface area contributed by atoms with Crippen LogP contribution in [0.25, 0.3) is 0 Å². The fourth-order valence-electron chi connectivity index (χ4n) is 0.568. The third-order valence-electron chi connectivity index (χ3n) is 1.03. The van der Waals surface area contributed by atoms with Crippen LogP contribution in [0.3, 0.4) is 0 Å². The number of aromatic nitrogens is 2. The summed E-state index contributed by atoms with van der Waals surface area (Å²) in [5.41, 5.74) is 0.546. The molecule has 0 aromatic carbocycles. The molecule has 0 radical (unpaired) electrons. The maximum atomic E-state index is 10.6. The summed E-state index contributed by atoms with van der Waals surface area (Å²) in [6.45, 7) is 1.48. The Labute approximate surface area is 57.1 Å². The second-order valence-electron chi connectivity index (χ2n) is 1.71. The first-order valence-electron chi connectivity index (χ1n) is 2.49. The number of hydrogen-bond acceptors (Lipinski definition) is 2. The molecule has 0 aliphatic heterocycles. The van der Waals surface area contributed by atoms with Gasteiger partial charge in [-0.15, -0.1) is 0 Å². The second-order valence-corrected chi connectivity index (χ2v) is 2.12. The second kappa shape index (κ2) is 2.14. The van der Waals surface area contributed by atoms with E-state index in [1.807, 2.05) is 0 Å². The van der Waals surface area contributed by atoms with Crippen LogP contribution in [0, 0.1) is 4.64 Å². The molecule has 0 atom stereocenters. The van der Waals surface area contributed by atoms with Crippen LogP contribution in [-0.2, 0) is 0 Å². The molecule has 48 valence electrons. The normalized spacial score (nSPS) is 9.44. The fourth-order valence-corrected chi connectivity index (χ4v) is 0.830. The van der Waals surface area contributed by atoms with Crippen molar-refractivity contribution in [3.8, 4) is 0 Å². The van der Waals surface area contributed by atoms with Crippen LogP contribution in [0.5, 0.6) is 0 Å². The molecule has 0 amide bonds. The zero-order chi connectivity index (χ0) is 6.85.